The number of anilines is 1. The minimum atomic E-state index is -3.47. The highest BCUT2D eigenvalue weighted by molar-refractivity contribution is 7.89. The van der Waals surface area contributed by atoms with Gasteiger partial charge in [0, 0.05) is 25.5 Å². The molecule has 5 nitrogen and oxygen atoms in total. The lowest BCUT2D eigenvalue weighted by Crippen LogP contribution is -2.25. The summed E-state index contributed by atoms with van der Waals surface area (Å²) in [4.78, 5) is 4.11. The fraction of sp³-hybridized carbons (Fsp3) is 0.583. The zero-order chi connectivity index (χ0) is 13.4. The van der Waals surface area contributed by atoms with Crippen LogP contribution in [0.3, 0.4) is 0 Å². The van der Waals surface area contributed by atoms with Gasteiger partial charge in [0.05, 0.1) is 5.69 Å². The number of rotatable bonds is 8. The van der Waals surface area contributed by atoms with Crippen LogP contribution in [-0.2, 0) is 10.0 Å². The van der Waals surface area contributed by atoms with Crippen LogP contribution in [0, 0.1) is 0 Å². The molecule has 0 aliphatic carbocycles. The monoisotopic (exact) mass is 271 g/mol. The Labute approximate surface area is 109 Å². The molecule has 1 aromatic rings. The molecule has 0 amide bonds. The fourth-order valence-corrected chi connectivity index (χ4v) is 2.66. The number of aromatic nitrogens is 1. The Morgan fingerprint density at radius 3 is 2.67 bits per heavy atom. The van der Waals surface area contributed by atoms with Gasteiger partial charge in [0.25, 0.3) is 0 Å². The Morgan fingerprint density at radius 1 is 1.22 bits per heavy atom. The number of unbranched alkanes of at least 4 members (excludes halogenated alkanes) is 1. The van der Waals surface area contributed by atoms with Crippen molar-refractivity contribution < 1.29 is 8.42 Å². The van der Waals surface area contributed by atoms with Crippen molar-refractivity contribution in [3.63, 3.8) is 0 Å². The number of nitrogens with one attached hydrogen (secondary N) is 2. The van der Waals surface area contributed by atoms with Crippen LogP contribution in [-0.4, -0.2) is 26.5 Å². The molecule has 0 unspecified atom stereocenters. The summed E-state index contributed by atoms with van der Waals surface area (Å²) in [6.45, 7) is 5.25. The first kappa shape index (κ1) is 14.9. The molecule has 0 aliphatic rings. The first-order valence-electron chi connectivity index (χ1n) is 6.29. The molecule has 18 heavy (non-hydrogen) atoms. The van der Waals surface area contributed by atoms with Gasteiger partial charge in [0.15, 0.2) is 0 Å². The van der Waals surface area contributed by atoms with Gasteiger partial charge >= 0.3 is 0 Å². The number of pyridine rings is 1. The highest BCUT2D eigenvalue weighted by Crippen LogP contribution is 2.19. The Balaban J connectivity index is 2.86. The third kappa shape index (κ3) is 4.27. The van der Waals surface area contributed by atoms with Crippen molar-refractivity contribution in [1.29, 1.82) is 0 Å². The highest BCUT2D eigenvalue weighted by Gasteiger charge is 2.17. The van der Waals surface area contributed by atoms with E-state index in [0.717, 1.165) is 25.8 Å². The van der Waals surface area contributed by atoms with Crippen molar-refractivity contribution in [2.24, 2.45) is 0 Å². The second-order valence-corrected chi connectivity index (χ2v) is 5.79. The molecule has 1 heterocycles. The molecule has 0 atom stereocenters. The van der Waals surface area contributed by atoms with Gasteiger partial charge in [-0.25, -0.2) is 13.1 Å². The van der Waals surface area contributed by atoms with Crippen LogP contribution in [0.25, 0.3) is 0 Å². The van der Waals surface area contributed by atoms with E-state index in [9.17, 15) is 8.42 Å². The molecule has 6 heteroatoms. The summed E-state index contributed by atoms with van der Waals surface area (Å²) in [5, 5.41) is 3.10. The maximum atomic E-state index is 12.1. The van der Waals surface area contributed by atoms with Crippen molar-refractivity contribution in [2.75, 3.05) is 18.4 Å². The summed E-state index contributed by atoms with van der Waals surface area (Å²) >= 11 is 0. The van der Waals surface area contributed by atoms with Gasteiger partial charge in [0.1, 0.15) is 4.90 Å². The lowest BCUT2D eigenvalue weighted by molar-refractivity contribution is 0.578. The first-order valence-corrected chi connectivity index (χ1v) is 7.77. The Morgan fingerprint density at radius 2 is 2.00 bits per heavy atom. The van der Waals surface area contributed by atoms with Crippen LogP contribution in [0.4, 0.5) is 5.69 Å². The average Bonchev–Trinajstić information content (AvgIpc) is 2.37. The van der Waals surface area contributed by atoms with E-state index in [1.165, 1.54) is 6.20 Å². The standard InChI is InChI=1S/C12H21N3O2S/c1-3-5-8-15-18(16,17)12-10-13-9-6-11(12)14-7-4-2/h6,9-10,15H,3-5,7-8H2,1-2H3,(H,13,14). The summed E-state index contributed by atoms with van der Waals surface area (Å²) in [5.74, 6) is 0. The van der Waals surface area contributed by atoms with Gasteiger partial charge in [-0.05, 0) is 18.9 Å². The molecule has 2 N–H and O–H groups in total. The van der Waals surface area contributed by atoms with Crippen LogP contribution in [0.15, 0.2) is 23.4 Å². The Bertz CT molecular complexity index is 460. The molecule has 1 aromatic heterocycles. The Hall–Kier alpha value is -1.14. The molecule has 0 fully saturated rings. The summed E-state index contributed by atoms with van der Waals surface area (Å²) in [6.07, 6.45) is 5.69. The molecule has 0 radical (unpaired) electrons. The number of hydrogen-bond acceptors (Lipinski definition) is 4. The van der Waals surface area contributed by atoms with Crippen molar-refractivity contribution >= 4 is 15.7 Å². The minimum absolute atomic E-state index is 0.217. The molecule has 0 aliphatic heterocycles. The first-order chi connectivity index (χ1) is 8.61. The second-order valence-electron chi connectivity index (χ2n) is 4.05. The summed E-state index contributed by atoms with van der Waals surface area (Å²) < 4.78 is 26.8. The van der Waals surface area contributed by atoms with E-state index in [1.54, 1.807) is 12.3 Å². The smallest absolute Gasteiger partial charge is 0.244 e. The van der Waals surface area contributed by atoms with Crippen LogP contribution in [0.5, 0.6) is 0 Å². The van der Waals surface area contributed by atoms with Gasteiger partial charge in [-0.1, -0.05) is 20.3 Å². The number of hydrogen-bond donors (Lipinski definition) is 2. The molecule has 0 spiro atoms. The third-order valence-corrected chi connectivity index (χ3v) is 3.95. The molecule has 0 saturated carbocycles. The highest BCUT2D eigenvalue weighted by atomic mass is 32.2. The van der Waals surface area contributed by atoms with Gasteiger partial charge in [0.2, 0.25) is 10.0 Å². The van der Waals surface area contributed by atoms with Crippen molar-refractivity contribution in [3.8, 4) is 0 Å². The molecule has 0 saturated heterocycles. The molecular formula is C12H21N3O2S. The second kappa shape index (κ2) is 7.33. The summed E-state index contributed by atoms with van der Waals surface area (Å²) in [6, 6.07) is 1.68. The van der Waals surface area contributed by atoms with E-state index in [-0.39, 0.29) is 4.90 Å². The lowest BCUT2D eigenvalue weighted by Gasteiger charge is -2.12. The number of nitrogens with zero attached hydrogens (tertiary/aromatic N) is 1. The van der Waals surface area contributed by atoms with Gasteiger partial charge in [-0.2, -0.15) is 0 Å². The SMILES string of the molecule is CCCCNS(=O)(=O)c1cnccc1NCCC. The van der Waals surface area contributed by atoms with Crippen molar-refractivity contribution in [2.45, 2.75) is 38.0 Å². The Kier molecular flexibility index (Phi) is 6.07. The molecule has 0 bridgehead atoms. The van der Waals surface area contributed by atoms with Crippen molar-refractivity contribution in [3.05, 3.63) is 18.5 Å². The predicted octanol–water partition coefficient (Wildman–Crippen LogP) is 1.98. The molecule has 102 valence electrons. The zero-order valence-corrected chi connectivity index (χ0v) is 11.8. The van der Waals surface area contributed by atoms with E-state index < -0.39 is 10.0 Å². The van der Waals surface area contributed by atoms with E-state index in [1.807, 2.05) is 13.8 Å². The van der Waals surface area contributed by atoms with Crippen molar-refractivity contribution in [1.82, 2.24) is 9.71 Å². The van der Waals surface area contributed by atoms with E-state index in [0.29, 0.717) is 12.2 Å². The van der Waals surface area contributed by atoms with E-state index in [2.05, 4.69) is 15.0 Å². The fourth-order valence-electron chi connectivity index (χ4n) is 1.46. The van der Waals surface area contributed by atoms with Gasteiger partial charge in [-0.3, -0.25) is 4.98 Å². The number of sulfonamides is 1. The zero-order valence-electron chi connectivity index (χ0n) is 10.9. The van der Waals surface area contributed by atoms with Crippen LogP contribution in [0.1, 0.15) is 33.1 Å². The molecular weight excluding hydrogens is 250 g/mol. The average molecular weight is 271 g/mol. The normalized spacial score (nSPS) is 11.4. The maximum Gasteiger partial charge on any atom is 0.244 e. The quantitative estimate of drug-likeness (QED) is 0.709. The minimum Gasteiger partial charge on any atom is -0.384 e. The summed E-state index contributed by atoms with van der Waals surface area (Å²) in [7, 11) is -3.47. The van der Waals surface area contributed by atoms with Gasteiger partial charge in [-0.15, -0.1) is 0 Å². The summed E-state index contributed by atoms with van der Waals surface area (Å²) in [5.41, 5.74) is 0.607. The largest absolute Gasteiger partial charge is 0.384 e. The topological polar surface area (TPSA) is 71.1 Å². The third-order valence-electron chi connectivity index (χ3n) is 2.46. The van der Waals surface area contributed by atoms with E-state index >= 15 is 0 Å². The van der Waals surface area contributed by atoms with E-state index in [4.69, 9.17) is 0 Å². The van der Waals surface area contributed by atoms with Crippen LogP contribution >= 0.6 is 0 Å². The maximum absolute atomic E-state index is 12.1. The van der Waals surface area contributed by atoms with Crippen LogP contribution in [0.2, 0.25) is 0 Å². The molecule has 0 aromatic carbocycles. The predicted molar refractivity (Wildman–Crippen MR) is 73.1 cm³/mol. The lowest BCUT2D eigenvalue weighted by atomic mass is 10.3. The molecule has 1 rings (SSSR count). The van der Waals surface area contributed by atoms with Gasteiger partial charge < -0.3 is 5.32 Å². The van der Waals surface area contributed by atoms with Crippen LogP contribution < -0.4 is 10.0 Å².